The van der Waals surface area contributed by atoms with Crippen molar-refractivity contribution in [3.8, 4) is 6.07 Å². The highest BCUT2D eigenvalue weighted by Gasteiger charge is 2.27. The van der Waals surface area contributed by atoms with Crippen molar-refractivity contribution >= 4 is 28.2 Å². The Morgan fingerprint density at radius 1 is 1.29 bits per heavy atom. The molecule has 2 aromatic rings. The van der Waals surface area contributed by atoms with Crippen LogP contribution in [-0.4, -0.2) is 50.2 Å². The average Bonchev–Trinajstić information content (AvgIpc) is 3.07. The normalized spacial score (nSPS) is 12.9. The smallest absolute Gasteiger partial charge is 0.256 e. The molecule has 0 fully saturated rings. The van der Waals surface area contributed by atoms with Crippen molar-refractivity contribution in [2.75, 3.05) is 38.8 Å². The number of amides is 2. The lowest BCUT2D eigenvalue weighted by Crippen LogP contribution is -2.38. The van der Waals surface area contributed by atoms with Crippen LogP contribution in [0, 0.1) is 11.3 Å². The second-order valence-corrected chi connectivity index (χ2v) is 7.36. The van der Waals surface area contributed by atoms with Crippen molar-refractivity contribution in [3.05, 3.63) is 51.9 Å². The van der Waals surface area contributed by atoms with Gasteiger partial charge in [0, 0.05) is 24.1 Å². The van der Waals surface area contributed by atoms with E-state index in [1.54, 1.807) is 36.3 Å². The molecule has 1 aromatic carbocycles. The maximum atomic E-state index is 12.4. The van der Waals surface area contributed by atoms with Crippen molar-refractivity contribution in [2.24, 2.45) is 0 Å². The molecule has 8 heteroatoms. The summed E-state index contributed by atoms with van der Waals surface area (Å²) in [5.74, 6) is -0.348. The number of hydrogen-bond acceptors (Lipinski definition) is 6. The summed E-state index contributed by atoms with van der Waals surface area (Å²) in [6.45, 7) is 1.76. The first kappa shape index (κ1) is 20.0. The van der Waals surface area contributed by atoms with Gasteiger partial charge < -0.3 is 19.7 Å². The Hall–Kier alpha value is -2.73. The van der Waals surface area contributed by atoms with Crippen LogP contribution in [0.25, 0.3) is 0 Å². The first-order chi connectivity index (χ1) is 13.6. The highest BCUT2D eigenvalue weighted by Crippen LogP contribution is 2.36. The van der Waals surface area contributed by atoms with Crippen LogP contribution in [0.15, 0.2) is 30.3 Å². The van der Waals surface area contributed by atoms with Crippen LogP contribution in [0.4, 0.5) is 5.00 Å². The summed E-state index contributed by atoms with van der Waals surface area (Å²) >= 11 is 1.35. The van der Waals surface area contributed by atoms with Gasteiger partial charge in [-0.1, -0.05) is 18.2 Å². The molecule has 0 spiro atoms. The van der Waals surface area contributed by atoms with E-state index in [9.17, 15) is 14.9 Å². The first-order valence-corrected chi connectivity index (χ1v) is 9.71. The van der Waals surface area contributed by atoms with Crippen molar-refractivity contribution in [1.82, 2.24) is 4.90 Å². The van der Waals surface area contributed by atoms with E-state index in [4.69, 9.17) is 9.47 Å². The van der Waals surface area contributed by atoms with E-state index in [2.05, 4.69) is 11.4 Å². The lowest BCUT2D eigenvalue weighted by Gasteiger charge is -2.26. The van der Waals surface area contributed by atoms with Crippen LogP contribution in [-0.2, 0) is 27.2 Å². The fourth-order valence-corrected chi connectivity index (χ4v) is 4.19. The summed E-state index contributed by atoms with van der Waals surface area (Å²) in [4.78, 5) is 27.4. The topological polar surface area (TPSA) is 91.7 Å². The summed E-state index contributed by atoms with van der Waals surface area (Å²) in [5, 5.41) is 13.0. The van der Waals surface area contributed by atoms with E-state index in [1.807, 2.05) is 6.07 Å². The molecule has 0 unspecified atom stereocenters. The summed E-state index contributed by atoms with van der Waals surface area (Å²) in [7, 11) is 1.58. The van der Waals surface area contributed by atoms with E-state index < -0.39 is 0 Å². The Morgan fingerprint density at radius 3 is 2.79 bits per heavy atom. The van der Waals surface area contributed by atoms with Crippen molar-refractivity contribution in [2.45, 2.75) is 13.0 Å². The van der Waals surface area contributed by atoms with E-state index in [0.29, 0.717) is 48.9 Å². The van der Waals surface area contributed by atoms with Gasteiger partial charge in [-0.2, -0.15) is 5.26 Å². The monoisotopic (exact) mass is 399 g/mol. The SMILES string of the molecule is COCCOCC(=O)N1CCc2c(sc(NC(=O)c3ccccc3)c2C#N)C1. The predicted octanol–water partition coefficient (Wildman–Crippen LogP) is 2.42. The number of nitrogens with one attached hydrogen (secondary N) is 1. The third kappa shape index (κ3) is 4.57. The number of carbonyl (C=O) groups is 2. The van der Waals surface area contributed by atoms with Crippen LogP contribution >= 0.6 is 11.3 Å². The molecule has 1 aliphatic heterocycles. The van der Waals surface area contributed by atoms with Gasteiger partial charge in [-0.05, 0) is 24.1 Å². The van der Waals surface area contributed by atoms with E-state index in [1.165, 1.54) is 11.3 Å². The number of nitriles is 1. The zero-order valence-corrected chi connectivity index (χ0v) is 16.4. The lowest BCUT2D eigenvalue weighted by atomic mass is 10.0. The van der Waals surface area contributed by atoms with Crippen LogP contribution in [0.5, 0.6) is 0 Å². The average molecular weight is 399 g/mol. The number of thiophene rings is 1. The zero-order chi connectivity index (χ0) is 19.9. The van der Waals surface area contributed by atoms with Gasteiger partial charge >= 0.3 is 0 Å². The Balaban J connectivity index is 1.69. The molecule has 0 radical (unpaired) electrons. The second kappa shape index (κ2) is 9.46. The molecule has 0 bridgehead atoms. The van der Waals surface area contributed by atoms with E-state index >= 15 is 0 Å². The number of nitrogens with zero attached hydrogens (tertiary/aromatic N) is 2. The largest absolute Gasteiger partial charge is 0.382 e. The Kier molecular flexibility index (Phi) is 6.76. The number of fused-ring (bicyclic) bond motifs is 1. The van der Waals surface area contributed by atoms with Gasteiger partial charge in [-0.3, -0.25) is 9.59 Å². The van der Waals surface area contributed by atoms with Gasteiger partial charge in [0.15, 0.2) is 0 Å². The quantitative estimate of drug-likeness (QED) is 0.722. The van der Waals surface area contributed by atoms with Crippen LogP contribution in [0.1, 0.15) is 26.4 Å². The standard InChI is InChI=1S/C20H21N3O4S/c1-26-9-10-27-13-18(24)23-8-7-15-16(11-21)20(28-17(15)12-23)22-19(25)14-5-3-2-4-6-14/h2-6H,7-10,12-13H2,1H3,(H,22,25). The first-order valence-electron chi connectivity index (χ1n) is 8.89. The fraction of sp³-hybridized carbons (Fsp3) is 0.350. The minimum Gasteiger partial charge on any atom is -0.382 e. The molecule has 0 saturated heterocycles. The van der Waals surface area contributed by atoms with Crippen molar-refractivity contribution < 1.29 is 19.1 Å². The second-order valence-electron chi connectivity index (χ2n) is 6.25. The molecule has 0 saturated carbocycles. The maximum Gasteiger partial charge on any atom is 0.256 e. The third-order valence-corrected chi connectivity index (χ3v) is 5.57. The molecule has 28 heavy (non-hydrogen) atoms. The summed E-state index contributed by atoms with van der Waals surface area (Å²) in [6.07, 6.45) is 0.583. The minimum atomic E-state index is -0.254. The molecular formula is C20H21N3O4S. The van der Waals surface area contributed by atoms with Crippen molar-refractivity contribution in [3.63, 3.8) is 0 Å². The molecule has 3 rings (SSSR count). The number of methoxy groups -OCH3 is 1. The Morgan fingerprint density at radius 2 is 2.07 bits per heavy atom. The fourth-order valence-electron chi connectivity index (χ4n) is 2.98. The molecule has 0 aliphatic carbocycles. The number of benzene rings is 1. The molecular weight excluding hydrogens is 378 g/mol. The Bertz CT molecular complexity index is 889. The molecule has 0 atom stereocenters. The highest BCUT2D eigenvalue weighted by molar-refractivity contribution is 7.16. The van der Waals surface area contributed by atoms with Gasteiger partial charge in [0.05, 0.1) is 25.3 Å². The van der Waals surface area contributed by atoms with Gasteiger partial charge in [0.1, 0.15) is 17.7 Å². The molecule has 2 amide bonds. The number of carbonyl (C=O) groups excluding carboxylic acids is 2. The lowest BCUT2D eigenvalue weighted by molar-refractivity contribution is -0.137. The number of anilines is 1. The zero-order valence-electron chi connectivity index (χ0n) is 15.6. The molecule has 146 valence electrons. The summed E-state index contributed by atoms with van der Waals surface area (Å²) in [6, 6.07) is 11.1. The molecule has 2 heterocycles. The van der Waals surface area contributed by atoms with Crippen molar-refractivity contribution in [1.29, 1.82) is 5.26 Å². The highest BCUT2D eigenvalue weighted by atomic mass is 32.1. The van der Waals surface area contributed by atoms with Crippen LogP contribution in [0.3, 0.4) is 0 Å². The maximum absolute atomic E-state index is 12.4. The predicted molar refractivity (Wildman–Crippen MR) is 105 cm³/mol. The van der Waals surface area contributed by atoms with Crippen LogP contribution in [0.2, 0.25) is 0 Å². The molecule has 1 N–H and O–H groups in total. The van der Waals surface area contributed by atoms with Gasteiger partial charge in [0.2, 0.25) is 5.91 Å². The number of hydrogen-bond donors (Lipinski definition) is 1. The van der Waals surface area contributed by atoms with E-state index in [-0.39, 0.29) is 18.4 Å². The number of ether oxygens (including phenoxy) is 2. The molecule has 1 aromatic heterocycles. The van der Waals surface area contributed by atoms with E-state index in [0.717, 1.165) is 10.4 Å². The Labute approximate surface area is 167 Å². The minimum absolute atomic E-state index is 0.00672. The molecule has 7 nitrogen and oxygen atoms in total. The van der Waals surface area contributed by atoms with Gasteiger partial charge in [0.25, 0.3) is 5.91 Å². The summed E-state index contributed by atoms with van der Waals surface area (Å²) in [5.41, 5.74) is 1.94. The third-order valence-electron chi connectivity index (χ3n) is 4.44. The molecule has 1 aliphatic rings. The van der Waals surface area contributed by atoms with Gasteiger partial charge in [-0.15, -0.1) is 11.3 Å². The number of rotatable bonds is 7. The summed E-state index contributed by atoms with van der Waals surface area (Å²) < 4.78 is 10.2. The van der Waals surface area contributed by atoms with Gasteiger partial charge in [-0.25, -0.2) is 0 Å². The van der Waals surface area contributed by atoms with Crippen LogP contribution < -0.4 is 5.32 Å².